The molecule has 156 valence electrons. The summed E-state index contributed by atoms with van der Waals surface area (Å²) >= 11 is 0. The Bertz CT molecular complexity index is 535. The summed E-state index contributed by atoms with van der Waals surface area (Å²) in [5.41, 5.74) is 3.46. The Balaban J connectivity index is 4.66. The van der Waals surface area contributed by atoms with E-state index in [4.69, 9.17) is 14.0 Å². The molecule has 0 aromatic carbocycles. The average Bonchev–Trinajstić information content (AvgIpc) is 2.63. The first-order valence-electron chi connectivity index (χ1n) is 8.89. The molecule has 0 aliphatic carbocycles. The van der Waals surface area contributed by atoms with Crippen LogP contribution in [-0.4, -0.2) is 44.4 Å². The Morgan fingerprint density at radius 3 is 2.15 bits per heavy atom. The number of carbonyl (C=O) groups excluding carboxylic acids is 2. The van der Waals surface area contributed by atoms with Crippen LogP contribution in [0.3, 0.4) is 0 Å². The molecule has 1 unspecified atom stereocenters. The third kappa shape index (κ3) is 15.3. The Morgan fingerprint density at radius 1 is 1.00 bits per heavy atom. The molecule has 0 fully saturated rings. The van der Waals surface area contributed by atoms with Crippen LogP contribution >= 0.6 is 7.82 Å². The van der Waals surface area contributed by atoms with Crippen LogP contribution in [0.15, 0.2) is 24.3 Å². The van der Waals surface area contributed by atoms with E-state index in [1.807, 2.05) is 19.9 Å². The second-order valence-corrected chi connectivity index (χ2v) is 6.80. The summed E-state index contributed by atoms with van der Waals surface area (Å²) in [4.78, 5) is 35.1. The number of carbonyl (C=O) groups is 2. The predicted octanol–water partition coefficient (Wildman–Crippen LogP) is 0.898. The standard InChI is InChI=1S/C17H30NO8P/c1-3-5-7-9-16(19)23-13-15(26-17(20)10-8-6-4-2)14-25-27(21,22)24-12-11-18/h5-8,15H,3-4,9-14,18H2,1-2H3,(H,21,22)/b7-5-,8-6-/t15-/m1/s1. The van der Waals surface area contributed by atoms with Crippen LogP contribution in [0.4, 0.5) is 0 Å². The van der Waals surface area contributed by atoms with Crippen molar-refractivity contribution in [2.75, 3.05) is 26.4 Å². The van der Waals surface area contributed by atoms with Crippen molar-refractivity contribution >= 4 is 19.8 Å². The first-order valence-corrected chi connectivity index (χ1v) is 10.3. The van der Waals surface area contributed by atoms with Gasteiger partial charge in [0.2, 0.25) is 0 Å². The Kier molecular flexibility index (Phi) is 14.7. The highest BCUT2D eigenvalue weighted by molar-refractivity contribution is 7.45. The van der Waals surface area contributed by atoms with Crippen LogP contribution in [0.1, 0.15) is 39.5 Å². The second-order valence-electron chi connectivity index (χ2n) is 5.39. The Hall–Kier alpha value is -1.51. The fourth-order valence-electron chi connectivity index (χ4n) is 1.68. The van der Waals surface area contributed by atoms with Gasteiger partial charge in [0.05, 0.1) is 26.0 Å². The fourth-order valence-corrected chi connectivity index (χ4v) is 2.45. The van der Waals surface area contributed by atoms with Gasteiger partial charge in [-0.1, -0.05) is 38.2 Å². The van der Waals surface area contributed by atoms with Crippen LogP contribution in [0.2, 0.25) is 0 Å². The van der Waals surface area contributed by atoms with Crippen molar-refractivity contribution in [1.82, 2.24) is 0 Å². The summed E-state index contributed by atoms with van der Waals surface area (Å²) in [5, 5.41) is 0. The van der Waals surface area contributed by atoms with Crippen molar-refractivity contribution in [1.29, 1.82) is 0 Å². The van der Waals surface area contributed by atoms with Gasteiger partial charge >= 0.3 is 11.9 Å². The summed E-state index contributed by atoms with van der Waals surface area (Å²) in [5.74, 6) is -1.11. The second kappa shape index (κ2) is 15.5. The van der Waals surface area contributed by atoms with Crippen LogP contribution in [-0.2, 0) is 32.7 Å². The highest BCUT2D eigenvalue weighted by atomic mass is 31.2. The fraction of sp³-hybridized carbons (Fsp3) is 0.647. The van der Waals surface area contributed by atoms with E-state index < -0.39 is 32.5 Å². The lowest BCUT2D eigenvalue weighted by Crippen LogP contribution is -2.52. The van der Waals surface area contributed by atoms with Gasteiger partial charge in [-0.2, -0.15) is 0 Å². The number of rotatable bonds is 15. The summed E-state index contributed by atoms with van der Waals surface area (Å²) < 4.78 is 31.0. The lowest BCUT2D eigenvalue weighted by Gasteiger charge is -2.25. The van der Waals surface area contributed by atoms with E-state index >= 15 is 0 Å². The molecule has 0 saturated heterocycles. The monoisotopic (exact) mass is 407 g/mol. The van der Waals surface area contributed by atoms with Gasteiger partial charge in [-0.3, -0.25) is 14.2 Å². The van der Waals surface area contributed by atoms with E-state index in [2.05, 4.69) is 10.3 Å². The van der Waals surface area contributed by atoms with Crippen molar-refractivity contribution in [3.05, 3.63) is 24.3 Å². The highest BCUT2D eigenvalue weighted by Gasteiger charge is 2.20. The van der Waals surface area contributed by atoms with Gasteiger partial charge < -0.3 is 29.1 Å². The molecule has 0 heterocycles. The summed E-state index contributed by atoms with van der Waals surface area (Å²) in [7, 11) is -4.55. The van der Waals surface area contributed by atoms with Gasteiger partial charge in [-0.25, -0.2) is 0 Å². The molecule has 0 spiro atoms. The smallest absolute Gasteiger partial charge is 0.310 e. The molecule has 9 nitrogen and oxygen atoms in total. The van der Waals surface area contributed by atoms with Crippen LogP contribution in [0, 0.1) is 0 Å². The number of phosphoric ester groups is 1. The highest BCUT2D eigenvalue weighted by Crippen LogP contribution is 2.38. The lowest BCUT2D eigenvalue weighted by molar-refractivity contribution is -0.373. The molecular formula is C17H30NO8P. The van der Waals surface area contributed by atoms with E-state index in [0.717, 1.165) is 12.8 Å². The predicted molar refractivity (Wildman–Crippen MR) is 96.2 cm³/mol. The number of ether oxygens (including phenoxy) is 2. The molecule has 0 rings (SSSR count). The van der Waals surface area contributed by atoms with Gasteiger partial charge in [0.1, 0.15) is 13.2 Å². The van der Waals surface area contributed by atoms with Crippen LogP contribution in [0.25, 0.3) is 0 Å². The zero-order chi connectivity index (χ0) is 20.5. The van der Waals surface area contributed by atoms with E-state index in [1.54, 1.807) is 18.2 Å². The molecule has 0 aromatic heterocycles. The first kappa shape index (κ1) is 25.5. The number of phosphoric acid groups is 1. The van der Waals surface area contributed by atoms with E-state index in [1.165, 1.54) is 0 Å². The molecule has 0 radical (unpaired) electrons. The number of allylic oxidation sites excluding steroid dienone is 2. The Morgan fingerprint density at radius 2 is 1.59 bits per heavy atom. The van der Waals surface area contributed by atoms with Gasteiger partial charge in [0.15, 0.2) is 6.10 Å². The summed E-state index contributed by atoms with van der Waals surface area (Å²) in [6, 6.07) is 0. The molecule has 0 aromatic rings. The molecule has 0 amide bonds. The van der Waals surface area contributed by atoms with Gasteiger partial charge in [-0.05, 0) is 12.8 Å². The van der Waals surface area contributed by atoms with Crippen molar-refractivity contribution in [3.63, 3.8) is 0 Å². The lowest BCUT2D eigenvalue weighted by atomic mass is 10.3. The minimum Gasteiger partial charge on any atom is -0.756 e. The average molecular weight is 407 g/mol. The van der Waals surface area contributed by atoms with Gasteiger partial charge in [0, 0.05) is 0 Å². The molecule has 3 N–H and O–H groups in total. The number of hydrogen-bond acceptors (Lipinski definition) is 8. The zero-order valence-electron chi connectivity index (χ0n) is 16.0. The molecule has 27 heavy (non-hydrogen) atoms. The van der Waals surface area contributed by atoms with E-state index in [-0.39, 0.29) is 32.6 Å². The number of hydrogen-bond donors (Lipinski definition) is 1. The minimum absolute atomic E-state index is 0.0184. The molecule has 0 aliphatic heterocycles. The van der Waals surface area contributed by atoms with Crippen LogP contribution in [0.5, 0.6) is 0 Å². The quantitative estimate of drug-likeness (QED) is 0.240. The van der Waals surface area contributed by atoms with Gasteiger partial charge in [-0.15, -0.1) is 0 Å². The van der Waals surface area contributed by atoms with Crippen LogP contribution < -0.4 is 10.6 Å². The minimum atomic E-state index is -4.55. The molecule has 0 saturated carbocycles. The molecule has 2 atom stereocenters. The van der Waals surface area contributed by atoms with E-state index in [9.17, 15) is 19.0 Å². The summed E-state index contributed by atoms with van der Waals surface area (Å²) in [6.45, 7) is 3.14. The molecule has 0 bridgehead atoms. The van der Waals surface area contributed by atoms with Gasteiger partial charge in [0.25, 0.3) is 7.82 Å². The zero-order valence-corrected chi connectivity index (χ0v) is 16.9. The number of esters is 2. The summed E-state index contributed by atoms with van der Waals surface area (Å²) in [6.07, 6.45) is 7.49. The van der Waals surface area contributed by atoms with Crippen molar-refractivity contribution in [2.45, 2.75) is 45.6 Å². The van der Waals surface area contributed by atoms with E-state index in [0.29, 0.717) is 0 Å². The normalized spacial score (nSPS) is 15.0. The first-order chi connectivity index (χ1) is 12.8. The number of quaternary nitrogens is 1. The Labute approximate surface area is 160 Å². The topological polar surface area (TPSA) is 139 Å². The third-order valence-corrected chi connectivity index (χ3v) is 3.88. The third-order valence-electron chi connectivity index (χ3n) is 2.91. The van der Waals surface area contributed by atoms with Crippen molar-refractivity contribution in [2.24, 2.45) is 0 Å². The maximum Gasteiger partial charge on any atom is 0.310 e. The maximum absolute atomic E-state index is 11.8. The van der Waals surface area contributed by atoms with Crippen molar-refractivity contribution < 1.29 is 43.3 Å². The molecular weight excluding hydrogens is 377 g/mol. The largest absolute Gasteiger partial charge is 0.756 e. The molecule has 10 heteroatoms. The van der Waals surface area contributed by atoms with Crippen molar-refractivity contribution in [3.8, 4) is 0 Å². The SMILES string of the molecule is CC/C=C\CC(=O)OC[C@H](COP(=O)([O-])OCC[NH3+])OC(=O)C/C=C\CC. The maximum atomic E-state index is 11.8. The molecule has 0 aliphatic rings.